The van der Waals surface area contributed by atoms with E-state index in [2.05, 4.69) is 5.32 Å². The molecule has 0 fully saturated rings. The number of esters is 1. The number of hydrogen-bond donors (Lipinski definition) is 2. The molecule has 0 saturated carbocycles. The van der Waals surface area contributed by atoms with Gasteiger partial charge in [0.25, 0.3) is 5.91 Å². The van der Waals surface area contributed by atoms with Crippen molar-refractivity contribution in [1.82, 2.24) is 0 Å². The average Bonchev–Trinajstić information content (AvgIpc) is 2.58. The number of carbonyl (C=O) groups excluding carboxylic acids is 2. The summed E-state index contributed by atoms with van der Waals surface area (Å²) in [7, 11) is -3.80. The van der Waals surface area contributed by atoms with E-state index < -0.39 is 28.5 Å². The van der Waals surface area contributed by atoms with Gasteiger partial charge in [-0.3, -0.25) is 4.79 Å². The van der Waals surface area contributed by atoms with Crippen LogP contribution in [0.1, 0.15) is 16.7 Å². The van der Waals surface area contributed by atoms with Crippen molar-refractivity contribution in [1.29, 1.82) is 0 Å². The van der Waals surface area contributed by atoms with E-state index in [9.17, 15) is 18.0 Å². The molecule has 150 valence electrons. The van der Waals surface area contributed by atoms with Crippen LogP contribution in [0.15, 0.2) is 41.3 Å². The van der Waals surface area contributed by atoms with Crippen LogP contribution in [0.4, 0.5) is 5.69 Å². The highest BCUT2D eigenvalue weighted by Crippen LogP contribution is 2.24. The lowest BCUT2D eigenvalue weighted by Crippen LogP contribution is -2.24. The quantitative estimate of drug-likeness (QED) is 0.676. The summed E-state index contributed by atoms with van der Waals surface area (Å²) < 4.78 is 32.8. The molecule has 0 aliphatic heterocycles. The van der Waals surface area contributed by atoms with Crippen LogP contribution in [0.3, 0.4) is 0 Å². The first-order valence-electron chi connectivity index (χ1n) is 8.35. The Morgan fingerprint density at radius 2 is 1.57 bits per heavy atom. The van der Waals surface area contributed by atoms with Gasteiger partial charge in [0.05, 0.1) is 4.90 Å². The molecular formula is C19H22N2O6S. The predicted molar refractivity (Wildman–Crippen MR) is 104 cm³/mol. The molecular weight excluding hydrogens is 384 g/mol. The monoisotopic (exact) mass is 406 g/mol. The van der Waals surface area contributed by atoms with E-state index in [1.165, 1.54) is 24.3 Å². The molecule has 0 aromatic heterocycles. The average molecular weight is 406 g/mol. The van der Waals surface area contributed by atoms with E-state index >= 15 is 0 Å². The Hall–Kier alpha value is -2.91. The lowest BCUT2D eigenvalue weighted by molar-refractivity contribution is -0.149. The van der Waals surface area contributed by atoms with Gasteiger partial charge in [0.15, 0.2) is 13.2 Å². The van der Waals surface area contributed by atoms with Gasteiger partial charge in [-0.05, 0) is 56.2 Å². The number of rotatable bonds is 7. The number of primary sulfonamides is 1. The SMILES string of the molecule is Cc1cc(C)c(OCC(=O)OCC(=O)Nc2ccc(S(N)(=O)=O)cc2)c(C)c1. The Bertz CT molecular complexity index is 961. The van der Waals surface area contributed by atoms with Crippen LogP contribution in [0.2, 0.25) is 0 Å². The standard InChI is InChI=1S/C19H22N2O6S/c1-12-8-13(2)19(14(3)9-12)27-11-18(23)26-10-17(22)21-15-4-6-16(7-5-15)28(20,24)25/h4-9H,10-11H2,1-3H3,(H,21,22)(H2,20,24,25). The highest BCUT2D eigenvalue weighted by atomic mass is 32.2. The molecule has 0 heterocycles. The fourth-order valence-electron chi connectivity index (χ4n) is 2.64. The molecule has 2 rings (SSSR count). The van der Waals surface area contributed by atoms with Crippen LogP contribution in [0.5, 0.6) is 5.75 Å². The molecule has 3 N–H and O–H groups in total. The second kappa shape index (κ2) is 8.85. The summed E-state index contributed by atoms with van der Waals surface area (Å²) >= 11 is 0. The van der Waals surface area contributed by atoms with Crippen molar-refractivity contribution in [3.63, 3.8) is 0 Å². The van der Waals surface area contributed by atoms with Crippen molar-refractivity contribution in [2.24, 2.45) is 5.14 Å². The molecule has 0 saturated heterocycles. The van der Waals surface area contributed by atoms with Gasteiger partial charge in [-0.2, -0.15) is 0 Å². The number of nitrogens with two attached hydrogens (primary N) is 1. The molecule has 2 aromatic carbocycles. The smallest absolute Gasteiger partial charge is 0.344 e. The third-order valence-electron chi connectivity index (χ3n) is 3.77. The summed E-state index contributed by atoms with van der Waals surface area (Å²) in [6, 6.07) is 9.18. The molecule has 2 aromatic rings. The summed E-state index contributed by atoms with van der Waals surface area (Å²) in [5.41, 5.74) is 3.26. The Morgan fingerprint density at radius 1 is 1.00 bits per heavy atom. The molecule has 0 radical (unpaired) electrons. The number of anilines is 1. The Kier molecular flexibility index (Phi) is 6.76. The second-order valence-corrected chi connectivity index (χ2v) is 7.86. The van der Waals surface area contributed by atoms with Gasteiger partial charge < -0.3 is 14.8 Å². The third kappa shape index (κ3) is 6.07. The minimum Gasteiger partial charge on any atom is -0.481 e. The maximum Gasteiger partial charge on any atom is 0.344 e. The number of aryl methyl sites for hydroxylation is 3. The van der Waals surface area contributed by atoms with Crippen molar-refractivity contribution >= 4 is 27.6 Å². The molecule has 9 heteroatoms. The van der Waals surface area contributed by atoms with Gasteiger partial charge in [-0.15, -0.1) is 0 Å². The lowest BCUT2D eigenvalue weighted by atomic mass is 10.1. The predicted octanol–water partition coefficient (Wildman–Crippen LogP) is 1.82. The van der Waals surface area contributed by atoms with Crippen molar-refractivity contribution in [3.05, 3.63) is 53.1 Å². The zero-order chi connectivity index (χ0) is 20.9. The highest BCUT2D eigenvalue weighted by molar-refractivity contribution is 7.89. The summed E-state index contributed by atoms with van der Waals surface area (Å²) in [6.45, 7) is 4.93. The zero-order valence-electron chi connectivity index (χ0n) is 15.8. The minimum absolute atomic E-state index is 0.0734. The van der Waals surface area contributed by atoms with Gasteiger partial charge in [-0.25, -0.2) is 18.4 Å². The van der Waals surface area contributed by atoms with Gasteiger partial charge in [0.1, 0.15) is 5.75 Å². The first-order valence-corrected chi connectivity index (χ1v) is 9.90. The fraction of sp³-hybridized carbons (Fsp3) is 0.263. The van der Waals surface area contributed by atoms with Gasteiger partial charge in [-0.1, -0.05) is 17.7 Å². The van der Waals surface area contributed by atoms with E-state index in [0.717, 1.165) is 16.7 Å². The summed E-state index contributed by atoms with van der Waals surface area (Å²) in [5.74, 6) is -0.638. The molecule has 28 heavy (non-hydrogen) atoms. The number of carbonyl (C=O) groups is 2. The minimum atomic E-state index is -3.80. The lowest BCUT2D eigenvalue weighted by Gasteiger charge is -2.13. The van der Waals surface area contributed by atoms with E-state index in [0.29, 0.717) is 11.4 Å². The Labute approximate surface area is 163 Å². The molecule has 0 atom stereocenters. The summed E-state index contributed by atoms with van der Waals surface area (Å²) in [5, 5.41) is 7.48. The second-order valence-electron chi connectivity index (χ2n) is 6.29. The van der Waals surface area contributed by atoms with Gasteiger partial charge in [0.2, 0.25) is 10.0 Å². The maximum atomic E-state index is 11.8. The van der Waals surface area contributed by atoms with Crippen molar-refractivity contribution in [3.8, 4) is 5.75 Å². The largest absolute Gasteiger partial charge is 0.481 e. The number of benzene rings is 2. The van der Waals surface area contributed by atoms with Crippen LogP contribution in [-0.4, -0.2) is 33.5 Å². The van der Waals surface area contributed by atoms with E-state index in [4.69, 9.17) is 14.6 Å². The number of ether oxygens (including phenoxy) is 2. The molecule has 8 nitrogen and oxygen atoms in total. The third-order valence-corrected chi connectivity index (χ3v) is 4.70. The maximum absolute atomic E-state index is 11.8. The van der Waals surface area contributed by atoms with Crippen LogP contribution in [0, 0.1) is 20.8 Å². The van der Waals surface area contributed by atoms with Crippen molar-refractivity contribution in [2.45, 2.75) is 25.7 Å². The number of amides is 1. The zero-order valence-corrected chi connectivity index (χ0v) is 16.6. The van der Waals surface area contributed by atoms with E-state index in [1.54, 1.807) is 0 Å². The first-order chi connectivity index (χ1) is 13.1. The van der Waals surface area contributed by atoms with Gasteiger partial charge in [0, 0.05) is 5.69 Å². The molecule has 0 aliphatic carbocycles. The van der Waals surface area contributed by atoms with Crippen LogP contribution in [-0.2, 0) is 24.3 Å². The fourth-order valence-corrected chi connectivity index (χ4v) is 3.15. The first kappa shape index (κ1) is 21.4. The topological polar surface area (TPSA) is 125 Å². The van der Waals surface area contributed by atoms with Crippen LogP contribution in [0.25, 0.3) is 0 Å². The Balaban J connectivity index is 1.82. The van der Waals surface area contributed by atoms with Crippen LogP contribution < -0.4 is 15.2 Å². The number of sulfonamides is 1. The highest BCUT2D eigenvalue weighted by Gasteiger charge is 2.12. The Morgan fingerprint density at radius 3 is 2.11 bits per heavy atom. The molecule has 0 bridgehead atoms. The molecule has 0 aliphatic rings. The van der Waals surface area contributed by atoms with Crippen molar-refractivity contribution in [2.75, 3.05) is 18.5 Å². The van der Waals surface area contributed by atoms with E-state index in [-0.39, 0.29) is 11.5 Å². The normalized spacial score (nSPS) is 11.0. The molecule has 0 spiro atoms. The molecule has 1 amide bonds. The number of hydrogen-bond acceptors (Lipinski definition) is 6. The molecule has 0 unspecified atom stereocenters. The van der Waals surface area contributed by atoms with Crippen LogP contribution >= 0.6 is 0 Å². The summed E-state index contributed by atoms with van der Waals surface area (Å²) in [4.78, 5) is 23.6. The summed E-state index contributed by atoms with van der Waals surface area (Å²) in [6.07, 6.45) is 0. The van der Waals surface area contributed by atoms with E-state index in [1.807, 2.05) is 32.9 Å². The van der Waals surface area contributed by atoms with Crippen molar-refractivity contribution < 1.29 is 27.5 Å². The number of nitrogens with one attached hydrogen (secondary N) is 1. The van der Waals surface area contributed by atoms with Gasteiger partial charge >= 0.3 is 5.97 Å².